The van der Waals surface area contributed by atoms with Crippen LogP contribution < -0.4 is 20.1 Å². The van der Waals surface area contributed by atoms with Crippen LogP contribution in [0.2, 0.25) is 0 Å². The maximum atomic E-state index is 13.7. The lowest BCUT2D eigenvalue weighted by atomic mass is 10.0. The Hall–Kier alpha value is -3.45. The molecule has 0 spiro atoms. The normalized spacial score (nSPS) is 27.1. The fraction of sp³-hybridized carbons (Fsp3) is 0.613. The minimum Gasteiger partial charge on any atom is -0.444 e. The van der Waals surface area contributed by atoms with Gasteiger partial charge in [-0.3, -0.25) is 14.4 Å². The molecule has 3 aliphatic rings. The van der Waals surface area contributed by atoms with E-state index in [2.05, 4.69) is 20.1 Å². The van der Waals surface area contributed by atoms with E-state index < -0.39 is 51.3 Å². The number of carbonyl (C=O) groups excluding carboxylic acids is 4. The summed E-state index contributed by atoms with van der Waals surface area (Å²) >= 11 is 0. The zero-order chi connectivity index (χ0) is 32.0. The molecular weight excluding hydrogens is 586 g/mol. The van der Waals surface area contributed by atoms with Gasteiger partial charge in [-0.1, -0.05) is 55.3 Å². The average molecular weight is 632 g/mol. The Morgan fingerprint density at radius 3 is 2.55 bits per heavy atom. The summed E-state index contributed by atoms with van der Waals surface area (Å²) in [6.45, 7) is 5.63. The summed E-state index contributed by atoms with van der Waals surface area (Å²) in [5, 5.41) is 5.52. The number of nitrogens with zero attached hydrogens (tertiary/aromatic N) is 1. The zero-order valence-electron chi connectivity index (χ0n) is 25.8. The van der Waals surface area contributed by atoms with Crippen molar-refractivity contribution >= 4 is 34.0 Å². The number of amides is 4. The van der Waals surface area contributed by atoms with Crippen molar-refractivity contribution in [2.45, 2.75) is 102 Å². The Bertz CT molecular complexity index is 1340. The van der Waals surface area contributed by atoms with Crippen LogP contribution in [-0.4, -0.2) is 73.4 Å². The molecule has 0 unspecified atom stereocenters. The van der Waals surface area contributed by atoms with E-state index in [9.17, 15) is 27.6 Å². The van der Waals surface area contributed by atoms with Crippen LogP contribution in [0.1, 0.15) is 77.7 Å². The molecule has 44 heavy (non-hydrogen) atoms. The van der Waals surface area contributed by atoms with Gasteiger partial charge in [0.15, 0.2) is 0 Å². The largest absolute Gasteiger partial charge is 0.444 e. The first-order valence-electron chi connectivity index (χ1n) is 15.4. The molecule has 242 valence electrons. The molecule has 4 N–H and O–H groups in total. The second kappa shape index (κ2) is 14.1. The first kappa shape index (κ1) is 33.4. The van der Waals surface area contributed by atoms with Crippen molar-refractivity contribution in [1.82, 2.24) is 25.0 Å². The summed E-state index contributed by atoms with van der Waals surface area (Å²) in [6.07, 6.45) is 8.19. The van der Waals surface area contributed by atoms with Gasteiger partial charge < -0.3 is 20.3 Å². The number of alkyl carbamates (subject to hydrolysis) is 1. The molecule has 0 radical (unpaired) electrons. The van der Waals surface area contributed by atoms with Crippen molar-refractivity contribution in [3.05, 3.63) is 48.0 Å². The number of hydrogen-bond donors (Lipinski definition) is 4. The lowest BCUT2D eigenvalue weighted by Crippen LogP contribution is -2.59. The van der Waals surface area contributed by atoms with Crippen LogP contribution in [0.25, 0.3) is 0 Å². The van der Waals surface area contributed by atoms with Gasteiger partial charge in [0.25, 0.3) is 5.91 Å². The van der Waals surface area contributed by atoms with E-state index in [1.54, 1.807) is 20.8 Å². The van der Waals surface area contributed by atoms with Crippen LogP contribution >= 0.6 is 0 Å². The van der Waals surface area contributed by atoms with Gasteiger partial charge in [-0.2, -0.15) is 13.1 Å². The van der Waals surface area contributed by atoms with Crippen molar-refractivity contribution in [1.29, 1.82) is 0 Å². The Labute approximate surface area is 259 Å². The fourth-order valence-electron chi connectivity index (χ4n) is 5.77. The molecule has 4 rings (SSSR count). The van der Waals surface area contributed by atoms with E-state index in [0.29, 0.717) is 45.1 Å². The molecular formula is C31H45N5O7S. The molecule has 13 heteroatoms. The second-order valence-corrected chi connectivity index (χ2v) is 14.3. The van der Waals surface area contributed by atoms with Gasteiger partial charge >= 0.3 is 16.3 Å². The van der Waals surface area contributed by atoms with Gasteiger partial charge in [-0.25, -0.2) is 9.52 Å². The van der Waals surface area contributed by atoms with E-state index in [0.717, 1.165) is 18.4 Å². The lowest BCUT2D eigenvalue weighted by molar-refractivity contribution is -0.141. The first-order chi connectivity index (χ1) is 20.8. The fourth-order valence-corrected chi connectivity index (χ4v) is 6.64. The molecule has 1 aromatic carbocycles. The Morgan fingerprint density at radius 2 is 1.82 bits per heavy atom. The predicted octanol–water partition coefficient (Wildman–Crippen LogP) is 2.46. The molecule has 12 nitrogen and oxygen atoms in total. The summed E-state index contributed by atoms with van der Waals surface area (Å²) in [5.74, 6) is -2.11. The van der Waals surface area contributed by atoms with Crippen LogP contribution in [-0.2, 0) is 35.8 Å². The highest BCUT2D eigenvalue weighted by molar-refractivity contribution is 7.88. The molecule has 2 aliphatic heterocycles. The molecule has 2 heterocycles. The van der Waals surface area contributed by atoms with Gasteiger partial charge in [-0.05, 0) is 71.3 Å². The summed E-state index contributed by atoms with van der Waals surface area (Å²) < 4.78 is 35.5. The molecule has 4 amide bonds. The van der Waals surface area contributed by atoms with Gasteiger partial charge in [0, 0.05) is 19.0 Å². The minimum atomic E-state index is -4.19. The molecule has 1 saturated heterocycles. The van der Waals surface area contributed by atoms with E-state index in [1.807, 2.05) is 42.5 Å². The molecule has 0 bridgehead atoms. The van der Waals surface area contributed by atoms with Crippen molar-refractivity contribution < 1.29 is 32.3 Å². The third kappa shape index (κ3) is 9.04. The quantitative estimate of drug-likeness (QED) is 0.336. The van der Waals surface area contributed by atoms with Crippen LogP contribution in [0.4, 0.5) is 4.79 Å². The van der Waals surface area contributed by atoms with Gasteiger partial charge in [0.2, 0.25) is 11.8 Å². The van der Waals surface area contributed by atoms with E-state index in [1.165, 1.54) is 4.90 Å². The monoisotopic (exact) mass is 631 g/mol. The number of benzene rings is 1. The minimum absolute atomic E-state index is 0.0902. The van der Waals surface area contributed by atoms with Crippen molar-refractivity contribution in [2.75, 3.05) is 13.1 Å². The maximum absolute atomic E-state index is 13.7. The third-order valence-corrected chi connectivity index (χ3v) is 9.14. The van der Waals surface area contributed by atoms with Crippen LogP contribution in [0, 0.1) is 5.92 Å². The van der Waals surface area contributed by atoms with Gasteiger partial charge in [0.1, 0.15) is 23.2 Å². The van der Waals surface area contributed by atoms with Gasteiger partial charge in [0.05, 0.1) is 0 Å². The lowest BCUT2D eigenvalue weighted by Gasteiger charge is -2.30. The summed E-state index contributed by atoms with van der Waals surface area (Å²) in [5.41, 5.74) is -1.25. The van der Waals surface area contributed by atoms with E-state index in [4.69, 9.17) is 4.74 Å². The van der Waals surface area contributed by atoms with Crippen molar-refractivity contribution in [2.24, 2.45) is 5.92 Å². The number of hydrogen-bond acceptors (Lipinski definition) is 7. The summed E-state index contributed by atoms with van der Waals surface area (Å²) in [7, 11) is -4.19. The molecule has 4 atom stereocenters. The second-order valence-electron chi connectivity index (χ2n) is 12.8. The summed E-state index contributed by atoms with van der Waals surface area (Å²) in [6, 6.07) is 7.64. The van der Waals surface area contributed by atoms with Crippen LogP contribution in [0.15, 0.2) is 42.5 Å². The van der Waals surface area contributed by atoms with Crippen LogP contribution in [0.3, 0.4) is 0 Å². The molecule has 0 aromatic heterocycles. The highest BCUT2D eigenvalue weighted by atomic mass is 32.2. The molecule has 1 saturated carbocycles. The topological polar surface area (TPSA) is 163 Å². The average Bonchev–Trinajstić information content (AvgIpc) is 3.40. The molecule has 1 aromatic rings. The number of carbonyl (C=O) groups is 4. The third-order valence-electron chi connectivity index (χ3n) is 8.10. The highest BCUT2D eigenvalue weighted by Crippen LogP contribution is 2.45. The standard InChI is InChI=1S/C31H45N5O7S/c1-30(2,3)43-29(40)33-24-16-11-6-4-5-10-15-23-21-31(23,34-26(37)25-17-12-20-36(25)27(24)38)28(39)35-44(41,42)32-19-18-22-13-8-7-9-14-22/h7-10,13-15,23-25,32H,4-6,11-12,16-21H2,1-3H3,(H,33,40)(H,34,37)(H,35,39)/b15-10-/t23-,24+,25+,31-/m1/s1. The smallest absolute Gasteiger partial charge is 0.408 e. The maximum Gasteiger partial charge on any atom is 0.408 e. The molecule has 1 aliphatic carbocycles. The van der Waals surface area contributed by atoms with E-state index in [-0.39, 0.29) is 24.8 Å². The highest BCUT2D eigenvalue weighted by Gasteiger charge is 2.61. The SMILES string of the molecule is CC(C)(C)OC(=O)N[C@H]1CCCCC/C=C\[C@@H]2C[C@@]2(C(=O)NS(=O)(=O)NCCc2ccccc2)NC(=O)[C@@H]2CCCN2C1=O. The predicted molar refractivity (Wildman–Crippen MR) is 164 cm³/mol. The van der Waals surface area contributed by atoms with E-state index >= 15 is 0 Å². The Morgan fingerprint density at radius 1 is 1.07 bits per heavy atom. The van der Waals surface area contributed by atoms with Crippen LogP contribution in [0.5, 0.6) is 0 Å². The van der Waals surface area contributed by atoms with Crippen molar-refractivity contribution in [3.8, 4) is 0 Å². The van der Waals surface area contributed by atoms with Gasteiger partial charge in [-0.15, -0.1) is 0 Å². The first-order valence-corrected chi connectivity index (χ1v) is 16.9. The zero-order valence-corrected chi connectivity index (χ0v) is 26.6. The number of rotatable bonds is 7. The Balaban J connectivity index is 1.47. The van der Waals surface area contributed by atoms with Crippen molar-refractivity contribution in [3.63, 3.8) is 0 Å². The number of ether oxygens (including phenoxy) is 1. The summed E-state index contributed by atoms with van der Waals surface area (Å²) in [4.78, 5) is 54.9. The number of nitrogens with one attached hydrogen (secondary N) is 4. The molecule has 2 fully saturated rings. The number of allylic oxidation sites excluding steroid dienone is 1. The Kier molecular flexibility index (Phi) is 10.7. The number of fused-ring (bicyclic) bond motifs is 2.